The van der Waals surface area contributed by atoms with Crippen molar-refractivity contribution in [1.29, 1.82) is 0 Å². The number of carbonyl (C=O) groups excluding carboxylic acids is 1. The molecule has 0 fully saturated rings. The number of anilines is 1. The first-order valence-electron chi connectivity index (χ1n) is 7.70. The van der Waals surface area contributed by atoms with Crippen molar-refractivity contribution >= 4 is 39.8 Å². The second-order valence-corrected chi connectivity index (χ2v) is 7.65. The van der Waals surface area contributed by atoms with Crippen LogP contribution in [0.4, 0.5) is 15.2 Å². The minimum Gasteiger partial charge on any atom is -0.296 e. The number of rotatable bonds is 6. The van der Waals surface area contributed by atoms with E-state index in [1.54, 1.807) is 6.07 Å². The van der Waals surface area contributed by atoms with Crippen molar-refractivity contribution in [1.82, 2.24) is 10.2 Å². The second-order valence-electron chi connectivity index (χ2n) is 5.45. The molecule has 3 rings (SSSR count). The molecule has 1 amide bonds. The summed E-state index contributed by atoms with van der Waals surface area (Å²) < 4.78 is 13.8. The molecule has 0 aliphatic rings. The van der Waals surface area contributed by atoms with Gasteiger partial charge < -0.3 is 0 Å². The average molecular weight is 404 g/mol. The molecule has 10 heteroatoms. The summed E-state index contributed by atoms with van der Waals surface area (Å²) in [6, 6.07) is 10.6. The number of nitrogens with one attached hydrogen (secondary N) is 1. The van der Waals surface area contributed by atoms with Crippen molar-refractivity contribution in [2.45, 2.75) is 17.0 Å². The molecule has 0 aliphatic carbocycles. The van der Waals surface area contributed by atoms with Gasteiger partial charge in [0.15, 0.2) is 4.34 Å². The van der Waals surface area contributed by atoms with Crippen LogP contribution in [0.2, 0.25) is 0 Å². The Morgan fingerprint density at radius 3 is 2.81 bits per heavy atom. The Hall–Kier alpha value is -2.85. The Bertz CT molecular complexity index is 1010. The molecule has 27 heavy (non-hydrogen) atoms. The van der Waals surface area contributed by atoms with Gasteiger partial charge in [-0.05, 0) is 30.7 Å². The van der Waals surface area contributed by atoms with E-state index in [2.05, 4.69) is 15.5 Å². The van der Waals surface area contributed by atoms with Crippen LogP contribution in [0.15, 0.2) is 46.8 Å². The predicted octanol–water partition coefficient (Wildman–Crippen LogP) is 4.44. The van der Waals surface area contributed by atoms with E-state index in [1.165, 1.54) is 60.4 Å². The first kappa shape index (κ1) is 18.9. The molecule has 0 bridgehead atoms. The molecule has 3 aromatic rings. The molecule has 0 unspecified atom stereocenters. The Kier molecular flexibility index (Phi) is 5.77. The summed E-state index contributed by atoms with van der Waals surface area (Å²) in [7, 11) is 0. The quantitative estimate of drug-likeness (QED) is 0.282. The molecule has 0 saturated carbocycles. The number of nitro benzene ring substituents is 1. The number of halogens is 1. The standard InChI is InChI=1S/C17H13FN4O3S2/c1-10-13(6-3-7-14(10)22(24)25)15(23)19-16-20-21-17(27-16)26-9-11-4-2-5-12(18)8-11/h2-8H,9H2,1H3,(H,19,20,23). The van der Waals surface area contributed by atoms with Crippen molar-refractivity contribution < 1.29 is 14.1 Å². The minimum atomic E-state index is -0.530. The summed E-state index contributed by atoms with van der Waals surface area (Å²) in [6.07, 6.45) is 0. The molecular formula is C17H13FN4O3S2. The average Bonchev–Trinajstić information content (AvgIpc) is 3.07. The van der Waals surface area contributed by atoms with E-state index in [9.17, 15) is 19.3 Å². The lowest BCUT2D eigenvalue weighted by atomic mass is 10.1. The highest BCUT2D eigenvalue weighted by molar-refractivity contribution is 8.00. The summed E-state index contributed by atoms with van der Waals surface area (Å²) >= 11 is 2.55. The number of hydrogen-bond donors (Lipinski definition) is 1. The highest BCUT2D eigenvalue weighted by Gasteiger charge is 2.19. The first-order valence-corrected chi connectivity index (χ1v) is 9.50. The lowest BCUT2D eigenvalue weighted by Crippen LogP contribution is -2.14. The van der Waals surface area contributed by atoms with Gasteiger partial charge in [0, 0.05) is 22.9 Å². The van der Waals surface area contributed by atoms with Crippen molar-refractivity contribution in [3.8, 4) is 0 Å². The molecular weight excluding hydrogens is 391 g/mol. The van der Waals surface area contributed by atoms with E-state index < -0.39 is 10.8 Å². The number of benzene rings is 2. The zero-order valence-electron chi connectivity index (χ0n) is 14.0. The summed E-state index contributed by atoms with van der Waals surface area (Å²) in [5.41, 5.74) is 1.18. The summed E-state index contributed by atoms with van der Waals surface area (Å²) in [6.45, 7) is 1.52. The van der Waals surface area contributed by atoms with Gasteiger partial charge in [-0.25, -0.2) is 4.39 Å². The lowest BCUT2D eigenvalue weighted by molar-refractivity contribution is -0.385. The molecule has 7 nitrogen and oxygen atoms in total. The predicted molar refractivity (Wildman–Crippen MR) is 102 cm³/mol. The van der Waals surface area contributed by atoms with E-state index >= 15 is 0 Å². The number of nitro groups is 1. The zero-order chi connectivity index (χ0) is 19.4. The normalized spacial score (nSPS) is 10.6. The Morgan fingerprint density at radius 1 is 1.30 bits per heavy atom. The number of hydrogen-bond acceptors (Lipinski definition) is 7. The van der Waals surface area contributed by atoms with Gasteiger partial charge in [-0.15, -0.1) is 10.2 Å². The van der Waals surface area contributed by atoms with Crippen LogP contribution in [0.5, 0.6) is 0 Å². The lowest BCUT2D eigenvalue weighted by Gasteiger charge is -2.05. The molecule has 2 aromatic carbocycles. The molecule has 0 aliphatic heterocycles. The Morgan fingerprint density at radius 2 is 2.07 bits per heavy atom. The highest BCUT2D eigenvalue weighted by atomic mass is 32.2. The number of carbonyl (C=O) groups is 1. The van der Waals surface area contributed by atoms with E-state index in [0.29, 0.717) is 10.1 Å². The number of nitrogens with zero attached hydrogens (tertiary/aromatic N) is 3. The molecule has 1 heterocycles. The smallest absolute Gasteiger partial charge is 0.273 e. The topological polar surface area (TPSA) is 98.0 Å². The molecule has 0 radical (unpaired) electrons. The van der Waals surface area contributed by atoms with Crippen LogP contribution >= 0.6 is 23.1 Å². The van der Waals surface area contributed by atoms with Crippen LogP contribution in [0, 0.1) is 22.9 Å². The molecule has 0 spiro atoms. The fourth-order valence-corrected chi connectivity index (χ4v) is 4.01. The minimum absolute atomic E-state index is 0.119. The number of thioether (sulfide) groups is 1. The zero-order valence-corrected chi connectivity index (χ0v) is 15.6. The van der Waals surface area contributed by atoms with Crippen molar-refractivity contribution in [2.75, 3.05) is 5.32 Å². The van der Waals surface area contributed by atoms with Gasteiger partial charge in [0.25, 0.3) is 11.6 Å². The van der Waals surface area contributed by atoms with Crippen LogP contribution in [0.3, 0.4) is 0 Å². The summed E-state index contributed by atoms with van der Waals surface area (Å²) in [4.78, 5) is 22.9. The molecule has 1 aromatic heterocycles. The monoisotopic (exact) mass is 404 g/mol. The SMILES string of the molecule is Cc1c(C(=O)Nc2nnc(SCc3cccc(F)c3)s2)cccc1[N+](=O)[O-]. The van der Waals surface area contributed by atoms with Crippen LogP contribution < -0.4 is 5.32 Å². The van der Waals surface area contributed by atoms with Gasteiger partial charge in [-0.1, -0.05) is 41.3 Å². The largest absolute Gasteiger partial charge is 0.296 e. The fourth-order valence-electron chi connectivity index (χ4n) is 2.32. The highest BCUT2D eigenvalue weighted by Crippen LogP contribution is 2.29. The van der Waals surface area contributed by atoms with Crippen molar-refractivity contribution in [3.63, 3.8) is 0 Å². The van der Waals surface area contributed by atoms with Gasteiger partial charge in [0.2, 0.25) is 5.13 Å². The van der Waals surface area contributed by atoms with Crippen LogP contribution in [-0.4, -0.2) is 21.0 Å². The van der Waals surface area contributed by atoms with Gasteiger partial charge >= 0.3 is 0 Å². The third-order valence-corrected chi connectivity index (χ3v) is 5.67. The molecule has 0 saturated heterocycles. The molecule has 138 valence electrons. The summed E-state index contributed by atoms with van der Waals surface area (Å²) in [5, 5.41) is 21.8. The van der Waals surface area contributed by atoms with Gasteiger partial charge in [-0.2, -0.15) is 0 Å². The van der Waals surface area contributed by atoms with Crippen LogP contribution in [0.25, 0.3) is 0 Å². The van der Waals surface area contributed by atoms with Gasteiger partial charge in [-0.3, -0.25) is 20.2 Å². The third-order valence-electron chi connectivity index (χ3n) is 3.62. The molecule has 0 atom stereocenters. The fraction of sp³-hybridized carbons (Fsp3) is 0.118. The van der Waals surface area contributed by atoms with Crippen molar-refractivity contribution in [2.24, 2.45) is 0 Å². The van der Waals surface area contributed by atoms with E-state index in [1.807, 2.05) is 6.07 Å². The maximum absolute atomic E-state index is 13.2. The van der Waals surface area contributed by atoms with E-state index in [-0.39, 0.29) is 27.8 Å². The molecule has 1 N–H and O–H groups in total. The maximum atomic E-state index is 13.2. The number of aromatic nitrogens is 2. The summed E-state index contributed by atoms with van der Waals surface area (Å²) in [5.74, 6) is -0.274. The first-order chi connectivity index (χ1) is 12.9. The van der Waals surface area contributed by atoms with Gasteiger partial charge in [0.1, 0.15) is 5.82 Å². The van der Waals surface area contributed by atoms with Crippen molar-refractivity contribution in [3.05, 3.63) is 75.1 Å². The van der Waals surface area contributed by atoms with Crippen LogP contribution in [-0.2, 0) is 5.75 Å². The van der Waals surface area contributed by atoms with Crippen LogP contribution in [0.1, 0.15) is 21.5 Å². The number of amides is 1. The second kappa shape index (κ2) is 8.23. The van der Waals surface area contributed by atoms with E-state index in [4.69, 9.17) is 0 Å². The van der Waals surface area contributed by atoms with E-state index in [0.717, 1.165) is 5.56 Å². The van der Waals surface area contributed by atoms with Gasteiger partial charge in [0.05, 0.1) is 4.92 Å². The Balaban J connectivity index is 1.66. The maximum Gasteiger partial charge on any atom is 0.273 e. The Labute approximate surface area is 161 Å². The third kappa shape index (κ3) is 4.66.